The Morgan fingerprint density at radius 2 is 1.03 bits per heavy atom. The summed E-state index contributed by atoms with van der Waals surface area (Å²) < 4.78 is 0. The van der Waals surface area contributed by atoms with Gasteiger partial charge in [0.25, 0.3) is 0 Å². The van der Waals surface area contributed by atoms with Crippen LogP contribution in [0, 0.1) is 0 Å². The number of hydrogen-bond acceptors (Lipinski definition) is 5. The van der Waals surface area contributed by atoms with Crippen molar-refractivity contribution >= 4 is 29.0 Å². The van der Waals surface area contributed by atoms with Gasteiger partial charge in [0, 0.05) is 48.4 Å². The minimum atomic E-state index is -0.0752. The zero-order valence-corrected chi connectivity index (χ0v) is 21.0. The van der Waals surface area contributed by atoms with Crippen LogP contribution in [0.1, 0.15) is 67.3 Å². The van der Waals surface area contributed by atoms with E-state index in [0.29, 0.717) is 35.3 Å². The van der Waals surface area contributed by atoms with Gasteiger partial charge in [-0.05, 0) is 87.3 Å². The predicted molar refractivity (Wildman–Crippen MR) is 142 cm³/mol. The van der Waals surface area contributed by atoms with Crippen molar-refractivity contribution in [3.8, 4) is 11.1 Å². The van der Waals surface area contributed by atoms with Gasteiger partial charge < -0.3 is 20.4 Å². The van der Waals surface area contributed by atoms with E-state index < -0.39 is 0 Å². The number of carbonyl (C=O) groups is 3. The second-order valence-corrected chi connectivity index (χ2v) is 10.3. The van der Waals surface area contributed by atoms with Crippen molar-refractivity contribution in [2.75, 3.05) is 49.9 Å². The molecule has 2 aromatic rings. The molecule has 0 bridgehead atoms. The molecule has 2 aliphatic heterocycles. The van der Waals surface area contributed by atoms with E-state index in [0.717, 1.165) is 50.4 Å². The van der Waals surface area contributed by atoms with E-state index in [1.54, 1.807) is 12.1 Å². The van der Waals surface area contributed by atoms with Crippen molar-refractivity contribution in [1.82, 2.24) is 9.80 Å². The van der Waals surface area contributed by atoms with Crippen LogP contribution >= 0.6 is 0 Å². The minimum absolute atomic E-state index is 0.0296. The Bertz CT molecular complexity index is 1050. The molecule has 0 spiro atoms. The van der Waals surface area contributed by atoms with E-state index in [1.165, 1.54) is 38.5 Å². The van der Waals surface area contributed by atoms with Gasteiger partial charge in [0.05, 0.1) is 0 Å². The number of nitrogens with zero attached hydrogens (tertiary/aromatic N) is 2. The molecule has 0 aromatic heterocycles. The number of fused-ring (bicyclic) bond motifs is 3. The Morgan fingerprint density at radius 3 is 1.44 bits per heavy atom. The highest BCUT2D eigenvalue weighted by atomic mass is 16.2. The number of benzene rings is 2. The van der Waals surface area contributed by atoms with Crippen LogP contribution in [-0.4, -0.2) is 66.7 Å². The Hall–Kier alpha value is -3.03. The minimum Gasteiger partial charge on any atom is -0.326 e. The van der Waals surface area contributed by atoms with E-state index in [9.17, 15) is 14.4 Å². The third-order valence-electron chi connectivity index (χ3n) is 7.59. The van der Waals surface area contributed by atoms with Crippen LogP contribution in [0.3, 0.4) is 0 Å². The molecule has 2 amide bonds. The summed E-state index contributed by atoms with van der Waals surface area (Å²) in [7, 11) is 0. The summed E-state index contributed by atoms with van der Waals surface area (Å²) in [5, 5.41) is 5.92. The fraction of sp³-hybridized carbons (Fsp3) is 0.483. The number of ketones is 1. The molecular formula is C29H36N4O3. The SMILES string of the molecule is O=C(CCN1CCCCC1)Nc1ccc2c(c1)C(=O)c1cc(NC(=O)CCN3CCCCC3)ccc1-2. The monoisotopic (exact) mass is 488 g/mol. The standard InChI is InChI=1S/C29H36N4O3/c34-27(11-17-32-13-3-1-4-14-32)30-21-7-9-23-24-10-8-22(20-26(24)29(36)25(23)19-21)31-28(35)12-18-33-15-5-2-6-16-33/h7-10,19-20H,1-6,11-18H2,(H,30,34)(H,31,35). The lowest BCUT2D eigenvalue weighted by molar-refractivity contribution is -0.117. The van der Waals surface area contributed by atoms with Crippen molar-refractivity contribution in [3.63, 3.8) is 0 Å². The summed E-state index contributed by atoms with van der Waals surface area (Å²) in [6.45, 7) is 5.82. The molecule has 2 saturated heterocycles. The summed E-state index contributed by atoms with van der Waals surface area (Å²) in [5.74, 6) is -0.134. The number of anilines is 2. The van der Waals surface area contributed by atoms with Gasteiger partial charge in [-0.15, -0.1) is 0 Å². The van der Waals surface area contributed by atoms with Crippen LogP contribution in [0.2, 0.25) is 0 Å². The number of hydrogen-bond donors (Lipinski definition) is 2. The average Bonchev–Trinajstić information content (AvgIpc) is 3.18. The van der Waals surface area contributed by atoms with Gasteiger partial charge >= 0.3 is 0 Å². The smallest absolute Gasteiger partial charge is 0.225 e. The molecule has 1 aliphatic carbocycles. The van der Waals surface area contributed by atoms with Crippen LogP contribution < -0.4 is 10.6 Å². The zero-order valence-electron chi connectivity index (χ0n) is 21.0. The Balaban J connectivity index is 1.18. The first kappa shape index (κ1) is 24.7. The molecule has 0 unspecified atom stereocenters. The maximum atomic E-state index is 13.2. The van der Waals surface area contributed by atoms with Gasteiger partial charge in [-0.25, -0.2) is 0 Å². The van der Waals surface area contributed by atoms with E-state index in [1.807, 2.05) is 24.3 Å². The molecule has 3 aliphatic rings. The van der Waals surface area contributed by atoms with Crippen molar-refractivity contribution in [1.29, 1.82) is 0 Å². The summed E-state index contributed by atoms with van der Waals surface area (Å²) in [6.07, 6.45) is 8.29. The number of rotatable bonds is 8. The third-order valence-corrected chi connectivity index (χ3v) is 7.59. The van der Waals surface area contributed by atoms with Gasteiger partial charge in [-0.1, -0.05) is 25.0 Å². The molecule has 7 heteroatoms. The lowest BCUT2D eigenvalue weighted by Gasteiger charge is -2.25. The molecule has 0 saturated carbocycles. The number of likely N-dealkylation sites (tertiary alicyclic amines) is 2. The predicted octanol–water partition coefficient (Wildman–Crippen LogP) is 4.53. The van der Waals surface area contributed by atoms with Crippen LogP contribution in [-0.2, 0) is 9.59 Å². The molecule has 2 heterocycles. The molecule has 7 nitrogen and oxygen atoms in total. The first-order valence-corrected chi connectivity index (χ1v) is 13.4. The first-order valence-electron chi connectivity index (χ1n) is 13.4. The summed E-state index contributed by atoms with van der Waals surface area (Å²) in [4.78, 5) is 42.9. The fourth-order valence-corrected chi connectivity index (χ4v) is 5.57. The molecule has 2 aromatic carbocycles. The highest BCUT2D eigenvalue weighted by Gasteiger charge is 2.27. The van der Waals surface area contributed by atoms with Crippen LogP contribution in [0.5, 0.6) is 0 Å². The molecule has 0 radical (unpaired) electrons. The van der Waals surface area contributed by atoms with Gasteiger partial charge in [-0.2, -0.15) is 0 Å². The molecule has 2 N–H and O–H groups in total. The quantitative estimate of drug-likeness (QED) is 0.487. The summed E-state index contributed by atoms with van der Waals surface area (Å²) >= 11 is 0. The van der Waals surface area contributed by atoms with Gasteiger partial charge in [0.2, 0.25) is 11.8 Å². The van der Waals surface area contributed by atoms with Crippen molar-refractivity contribution < 1.29 is 14.4 Å². The first-order chi connectivity index (χ1) is 17.6. The fourth-order valence-electron chi connectivity index (χ4n) is 5.57. The second-order valence-electron chi connectivity index (χ2n) is 10.3. The maximum Gasteiger partial charge on any atom is 0.225 e. The van der Waals surface area contributed by atoms with Gasteiger partial charge in [0.1, 0.15) is 0 Å². The lowest BCUT2D eigenvalue weighted by Crippen LogP contribution is -2.32. The van der Waals surface area contributed by atoms with Gasteiger partial charge in [0.15, 0.2) is 5.78 Å². The lowest BCUT2D eigenvalue weighted by atomic mass is 10.0. The van der Waals surface area contributed by atoms with Crippen molar-refractivity contribution in [2.45, 2.75) is 51.4 Å². The van der Waals surface area contributed by atoms with Crippen molar-refractivity contribution in [2.24, 2.45) is 0 Å². The van der Waals surface area contributed by atoms with Crippen molar-refractivity contribution in [3.05, 3.63) is 47.5 Å². The van der Waals surface area contributed by atoms with Crippen LogP contribution in [0.25, 0.3) is 11.1 Å². The third kappa shape index (κ3) is 5.85. The number of nitrogens with one attached hydrogen (secondary N) is 2. The van der Waals surface area contributed by atoms with Gasteiger partial charge in [-0.3, -0.25) is 14.4 Å². The van der Waals surface area contributed by atoms with E-state index >= 15 is 0 Å². The Labute approximate surface area is 213 Å². The highest BCUT2D eigenvalue weighted by molar-refractivity contribution is 6.22. The topological polar surface area (TPSA) is 81.8 Å². The molecular weight excluding hydrogens is 452 g/mol. The largest absolute Gasteiger partial charge is 0.326 e. The normalized spacial score (nSPS) is 17.9. The van der Waals surface area contributed by atoms with E-state index in [4.69, 9.17) is 0 Å². The molecule has 36 heavy (non-hydrogen) atoms. The highest BCUT2D eigenvalue weighted by Crippen LogP contribution is 2.39. The summed E-state index contributed by atoms with van der Waals surface area (Å²) in [6, 6.07) is 11.1. The Morgan fingerprint density at radius 1 is 0.611 bits per heavy atom. The maximum absolute atomic E-state index is 13.2. The number of amides is 2. The van der Waals surface area contributed by atoms with E-state index in [-0.39, 0.29) is 17.6 Å². The van der Waals surface area contributed by atoms with E-state index in [2.05, 4.69) is 20.4 Å². The molecule has 2 fully saturated rings. The second kappa shape index (κ2) is 11.4. The number of carbonyl (C=O) groups excluding carboxylic acids is 3. The molecule has 190 valence electrons. The molecule has 0 atom stereocenters. The summed E-state index contributed by atoms with van der Waals surface area (Å²) in [5.41, 5.74) is 4.20. The van der Waals surface area contributed by atoms with Crippen LogP contribution in [0.15, 0.2) is 36.4 Å². The Kier molecular flexibility index (Phi) is 7.78. The number of piperidine rings is 2. The van der Waals surface area contributed by atoms with Crippen LogP contribution in [0.4, 0.5) is 11.4 Å². The average molecular weight is 489 g/mol. The zero-order chi connectivity index (χ0) is 24.9. The molecule has 5 rings (SSSR count).